The first-order valence-electron chi connectivity index (χ1n) is 11.0. The predicted octanol–water partition coefficient (Wildman–Crippen LogP) is 7.35. The standard InChI is InChI=1S/C25H25BCl2FO5PS/c1-14(8-9-31-21-7-5-18(27)12-19(21)28)25-23(34-36-35-26)13-24(33-25)32-22-6-4-17(11-20(22)29)10-15(2)16(3)30/h4-8,10-12,23-25,35H,9,13H2,1-3H3/b14-8-,15-10+. The SMILES string of the molecule is [B]PSOC1CC(Oc2ccc(/C=C(\C)C(C)=O)cc2F)OC1/C(C)=C\COc1ccc(Cl)cc1Cl. The number of carbonyl (C=O) groups is 1. The van der Waals surface area contributed by atoms with Crippen LogP contribution >= 0.6 is 42.5 Å². The van der Waals surface area contributed by atoms with Crippen molar-refractivity contribution in [1.82, 2.24) is 0 Å². The van der Waals surface area contributed by atoms with Crippen LogP contribution in [0.2, 0.25) is 10.0 Å². The van der Waals surface area contributed by atoms with Gasteiger partial charge in [0.25, 0.3) is 0 Å². The zero-order valence-electron chi connectivity index (χ0n) is 19.9. The average Bonchev–Trinajstić information content (AvgIpc) is 3.23. The number of carbonyl (C=O) groups excluding carboxylic acids is 1. The molecule has 1 aliphatic heterocycles. The molecule has 11 heteroatoms. The second-order valence-corrected chi connectivity index (χ2v) is 10.7. The van der Waals surface area contributed by atoms with Crippen molar-refractivity contribution in [2.75, 3.05) is 6.61 Å². The molecular formula is C25H25BCl2FO5PS. The largest absolute Gasteiger partial charge is 0.488 e. The molecule has 2 aromatic rings. The van der Waals surface area contributed by atoms with Gasteiger partial charge in [-0.2, -0.15) is 0 Å². The number of allylic oxidation sites excluding steroid dienone is 1. The lowest BCUT2D eigenvalue weighted by Crippen LogP contribution is -2.24. The van der Waals surface area contributed by atoms with E-state index in [4.69, 9.17) is 49.2 Å². The Balaban J connectivity index is 1.67. The molecule has 3 rings (SSSR count). The van der Waals surface area contributed by atoms with Crippen molar-refractivity contribution in [3.05, 3.63) is 75.0 Å². The summed E-state index contributed by atoms with van der Waals surface area (Å²) in [6, 6.07) is 9.52. The third-order valence-electron chi connectivity index (χ3n) is 5.42. The van der Waals surface area contributed by atoms with E-state index in [0.29, 0.717) is 33.4 Å². The van der Waals surface area contributed by atoms with Gasteiger partial charge in [0.05, 0.1) is 5.02 Å². The maximum absolute atomic E-state index is 14.7. The zero-order valence-corrected chi connectivity index (χ0v) is 23.3. The number of benzene rings is 2. The van der Waals surface area contributed by atoms with Crippen LogP contribution in [0.5, 0.6) is 11.5 Å². The van der Waals surface area contributed by atoms with Gasteiger partial charge in [0.15, 0.2) is 17.3 Å². The van der Waals surface area contributed by atoms with Crippen LogP contribution in [0, 0.1) is 5.82 Å². The van der Waals surface area contributed by atoms with Crippen LogP contribution in [0.3, 0.4) is 0 Å². The van der Waals surface area contributed by atoms with Crippen LogP contribution in [0.15, 0.2) is 53.6 Å². The van der Waals surface area contributed by atoms with E-state index in [1.807, 2.05) is 13.0 Å². The summed E-state index contributed by atoms with van der Waals surface area (Å²) < 4.78 is 38.1. The Morgan fingerprint density at radius 1 is 1.22 bits per heavy atom. The van der Waals surface area contributed by atoms with Crippen molar-refractivity contribution in [1.29, 1.82) is 0 Å². The second-order valence-electron chi connectivity index (χ2n) is 8.08. The van der Waals surface area contributed by atoms with E-state index >= 15 is 0 Å². The van der Waals surface area contributed by atoms with Crippen molar-refractivity contribution in [2.24, 2.45) is 0 Å². The fourth-order valence-corrected chi connectivity index (χ4v) is 4.80. The summed E-state index contributed by atoms with van der Waals surface area (Å²) in [6.45, 7) is 5.29. The lowest BCUT2D eigenvalue weighted by atomic mass is 10.1. The van der Waals surface area contributed by atoms with E-state index < -0.39 is 18.2 Å². The molecule has 1 saturated heterocycles. The molecule has 190 valence electrons. The highest BCUT2D eigenvalue weighted by molar-refractivity contribution is 8.53. The molecule has 4 atom stereocenters. The molecule has 1 fully saturated rings. The van der Waals surface area contributed by atoms with Gasteiger partial charge in [-0.05, 0) is 80.0 Å². The number of ether oxygens (including phenoxy) is 3. The third kappa shape index (κ3) is 8.24. The van der Waals surface area contributed by atoms with Gasteiger partial charge in [0.2, 0.25) is 6.29 Å². The highest BCUT2D eigenvalue weighted by Gasteiger charge is 2.39. The Labute approximate surface area is 227 Å². The van der Waals surface area contributed by atoms with Crippen molar-refractivity contribution < 1.29 is 27.6 Å². The molecule has 0 bridgehead atoms. The summed E-state index contributed by atoms with van der Waals surface area (Å²) in [6.07, 6.45) is 2.34. The second kappa shape index (κ2) is 13.8. The molecule has 36 heavy (non-hydrogen) atoms. The minimum absolute atomic E-state index is 0.0440. The molecule has 1 aliphatic rings. The van der Waals surface area contributed by atoms with Gasteiger partial charge in [-0.15, -0.1) is 0 Å². The van der Waals surface area contributed by atoms with Crippen molar-refractivity contribution in [2.45, 2.75) is 45.7 Å². The first-order chi connectivity index (χ1) is 17.2. The van der Waals surface area contributed by atoms with Crippen LogP contribution < -0.4 is 9.47 Å². The third-order valence-corrected chi connectivity index (χ3v) is 6.97. The summed E-state index contributed by atoms with van der Waals surface area (Å²) in [5.74, 6) is -0.0671. The van der Waals surface area contributed by atoms with Gasteiger partial charge >= 0.3 is 0 Å². The Morgan fingerprint density at radius 2 is 1.97 bits per heavy atom. The number of Topliss-reactive ketones (excluding diaryl/α,β-unsaturated/α-hetero) is 1. The van der Waals surface area contributed by atoms with E-state index in [0.717, 1.165) is 17.2 Å². The molecule has 0 N–H and O–H groups in total. The molecule has 5 nitrogen and oxygen atoms in total. The number of halogens is 3. The van der Waals surface area contributed by atoms with Crippen LogP contribution in [0.25, 0.3) is 6.08 Å². The van der Waals surface area contributed by atoms with Gasteiger partial charge < -0.3 is 18.4 Å². The van der Waals surface area contributed by atoms with E-state index in [-0.39, 0.29) is 31.9 Å². The molecule has 0 aromatic heterocycles. The Bertz CT molecular complexity index is 1150. The van der Waals surface area contributed by atoms with Crippen molar-refractivity contribution >= 4 is 62.0 Å². The van der Waals surface area contributed by atoms with Gasteiger partial charge in [0.1, 0.15) is 32.1 Å². The van der Waals surface area contributed by atoms with Crippen LogP contribution in [0.4, 0.5) is 4.39 Å². The lowest BCUT2D eigenvalue weighted by molar-refractivity contribution is -0.113. The minimum Gasteiger partial charge on any atom is -0.488 e. The smallest absolute Gasteiger partial charge is 0.203 e. The Kier molecular flexibility index (Phi) is 11.2. The number of hydrogen-bond acceptors (Lipinski definition) is 6. The van der Waals surface area contributed by atoms with Gasteiger partial charge in [-0.1, -0.05) is 36.9 Å². The van der Waals surface area contributed by atoms with Gasteiger partial charge in [-0.25, -0.2) is 4.39 Å². The topological polar surface area (TPSA) is 54.0 Å². The van der Waals surface area contributed by atoms with Crippen LogP contribution in [0.1, 0.15) is 32.8 Å². The van der Waals surface area contributed by atoms with Crippen molar-refractivity contribution in [3.63, 3.8) is 0 Å². The first kappa shape index (κ1) is 29.0. The maximum Gasteiger partial charge on any atom is 0.203 e. The number of hydrogen-bond donors (Lipinski definition) is 0. The lowest BCUT2D eigenvalue weighted by Gasteiger charge is -2.19. The highest BCUT2D eigenvalue weighted by atomic mass is 35.5. The molecule has 1 heterocycles. The molecular weight excluding hydrogens is 544 g/mol. The average molecular weight is 569 g/mol. The summed E-state index contributed by atoms with van der Waals surface area (Å²) in [5.41, 5.74) is 1.96. The van der Waals surface area contributed by atoms with Gasteiger partial charge in [-0.3, -0.25) is 4.79 Å². The van der Waals surface area contributed by atoms with Crippen LogP contribution in [-0.4, -0.2) is 38.5 Å². The highest BCUT2D eigenvalue weighted by Crippen LogP contribution is 2.37. The summed E-state index contributed by atoms with van der Waals surface area (Å²) in [7, 11) is 5.65. The quantitative estimate of drug-likeness (QED) is 0.0928. The van der Waals surface area contributed by atoms with E-state index in [9.17, 15) is 9.18 Å². The molecule has 0 aliphatic carbocycles. The number of rotatable bonds is 11. The number of ketones is 1. The normalized spacial score (nSPS) is 20.8. The zero-order chi connectivity index (χ0) is 26.2. The summed E-state index contributed by atoms with van der Waals surface area (Å²) >= 11 is 13.2. The molecule has 4 unspecified atom stereocenters. The van der Waals surface area contributed by atoms with E-state index in [1.54, 1.807) is 37.3 Å². The monoisotopic (exact) mass is 568 g/mol. The van der Waals surface area contributed by atoms with Crippen molar-refractivity contribution in [3.8, 4) is 11.5 Å². The maximum atomic E-state index is 14.7. The molecule has 0 spiro atoms. The minimum atomic E-state index is -0.730. The fourth-order valence-electron chi connectivity index (χ4n) is 3.44. The van der Waals surface area contributed by atoms with Crippen LogP contribution in [-0.2, 0) is 13.7 Å². The summed E-state index contributed by atoms with van der Waals surface area (Å²) in [5, 5.41) is 0.942. The molecule has 2 radical (unpaired) electrons. The van der Waals surface area contributed by atoms with Gasteiger partial charge in [0, 0.05) is 23.1 Å². The van der Waals surface area contributed by atoms with E-state index in [2.05, 4.69) is 0 Å². The first-order valence-corrected chi connectivity index (χ1v) is 14.3. The fraction of sp³-hybridized carbons (Fsp3) is 0.320. The van der Waals surface area contributed by atoms with E-state index in [1.165, 1.54) is 19.1 Å². The predicted molar refractivity (Wildman–Crippen MR) is 147 cm³/mol. The Hall–Kier alpha value is -1.54. The Morgan fingerprint density at radius 3 is 2.64 bits per heavy atom. The summed E-state index contributed by atoms with van der Waals surface area (Å²) in [4.78, 5) is 11.4. The molecule has 0 saturated carbocycles. The molecule has 2 aromatic carbocycles. The molecule has 0 amide bonds.